The number of aliphatic hydroxyl groups is 1. The fourth-order valence-corrected chi connectivity index (χ4v) is 6.11. The van der Waals surface area contributed by atoms with Crippen molar-refractivity contribution in [2.24, 2.45) is 0 Å². The van der Waals surface area contributed by atoms with Crippen LogP contribution in [0.4, 0.5) is 5.69 Å². The van der Waals surface area contributed by atoms with Gasteiger partial charge in [0.15, 0.2) is 0 Å². The minimum absolute atomic E-state index is 0.00687. The van der Waals surface area contributed by atoms with Gasteiger partial charge in [-0.05, 0) is 43.9 Å². The van der Waals surface area contributed by atoms with Crippen molar-refractivity contribution in [3.63, 3.8) is 0 Å². The van der Waals surface area contributed by atoms with Gasteiger partial charge >= 0.3 is 0 Å². The van der Waals surface area contributed by atoms with Gasteiger partial charge in [-0.1, -0.05) is 18.9 Å². The van der Waals surface area contributed by atoms with Gasteiger partial charge in [0, 0.05) is 50.3 Å². The maximum Gasteiger partial charge on any atom is 0.247 e. The minimum atomic E-state index is -0.689. The molecule has 1 saturated carbocycles. The van der Waals surface area contributed by atoms with Crippen LogP contribution in [0.15, 0.2) is 30.5 Å². The number of anilines is 1. The number of piperidine rings is 1. The molecule has 2 saturated heterocycles. The first-order chi connectivity index (χ1) is 16.0. The third-order valence-corrected chi connectivity index (χ3v) is 7.90. The Labute approximate surface area is 194 Å². The Morgan fingerprint density at radius 1 is 1.18 bits per heavy atom. The van der Waals surface area contributed by atoms with Crippen molar-refractivity contribution >= 4 is 28.4 Å². The number of carbonyl (C=O) groups is 2. The summed E-state index contributed by atoms with van der Waals surface area (Å²) in [6.07, 6.45) is 7.15. The van der Waals surface area contributed by atoms with E-state index in [1.165, 1.54) is 0 Å². The number of aromatic nitrogens is 1. The van der Waals surface area contributed by atoms with Gasteiger partial charge in [-0.3, -0.25) is 14.5 Å². The average molecular weight is 455 g/mol. The number of amides is 2. The van der Waals surface area contributed by atoms with E-state index in [1.807, 2.05) is 30.5 Å². The Balaban J connectivity index is 1.37. The van der Waals surface area contributed by atoms with Crippen LogP contribution >= 0.6 is 0 Å². The first-order valence-corrected chi connectivity index (χ1v) is 12.2. The van der Waals surface area contributed by atoms with E-state index < -0.39 is 17.7 Å². The van der Waals surface area contributed by atoms with E-state index in [9.17, 15) is 14.7 Å². The van der Waals surface area contributed by atoms with Gasteiger partial charge in [0.05, 0.1) is 17.9 Å². The highest BCUT2D eigenvalue weighted by Crippen LogP contribution is 2.40. The van der Waals surface area contributed by atoms with Crippen LogP contribution in [-0.2, 0) is 14.3 Å². The molecule has 8 nitrogen and oxygen atoms in total. The zero-order valence-electron chi connectivity index (χ0n) is 19.3. The fraction of sp³-hybridized carbons (Fsp3) is 0.600. The topological polar surface area (TPSA) is 97.9 Å². The summed E-state index contributed by atoms with van der Waals surface area (Å²) in [6.45, 7) is 1.86. The first-order valence-electron chi connectivity index (χ1n) is 12.2. The lowest BCUT2D eigenvalue weighted by Crippen LogP contribution is -2.62. The third-order valence-electron chi connectivity index (χ3n) is 7.90. The number of fused-ring (bicyclic) bond motifs is 1. The molecule has 0 unspecified atom stereocenters. The van der Waals surface area contributed by atoms with Crippen LogP contribution in [0.1, 0.15) is 44.9 Å². The zero-order valence-corrected chi connectivity index (χ0v) is 19.3. The SMILES string of the molecule is COC1CCN(C2(C(=O)N3C[C@H](O)C[C@@H]3C(=O)Nc3cccc4[nH]ccc34)CCCC2)CC1. The number of aromatic amines is 1. The van der Waals surface area contributed by atoms with Crippen molar-refractivity contribution in [1.29, 1.82) is 0 Å². The summed E-state index contributed by atoms with van der Waals surface area (Å²) in [5, 5.41) is 14.4. The van der Waals surface area contributed by atoms with Crippen molar-refractivity contribution in [3.8, 4) is 0 Å². The molecule has 0 spiro atoms. The standard InChI is InChI=1S/C25H34N4O4/c1-33-18-8-13-28(14-9-18)25(10-2-3-11-25)24(32)29-16-17(30)15-22(29)23(31)27-21-6-4-5-20-19(21)7-12-26-20/h4-7,12,17-18,22,26,30H,2-3,8-11,13-16H2,1H3,(H,27,31)/t17-,22-/m1/s1. The highest BCUT2D eigenvalue weighted by molar-refractivity contribution is 6.04. The smallest absolute Gasteiger partial charge is 0.247 e. The van der Waals surface area contributed by atoms with Crippen LogP contribution < -0.4 is 5.32 Å². The average Bonchev–Trinajstić information content (AvgIpc) is 3.59. The van der Waals surface area contributed by atoms with Crippen LogP contribution in [0.2, 0.25) is 0 Å². The van der Waals surface area contributed by atoms with E-state index in [-0.39, 0.29) is 30.9 Å². The molecule has 3 aliphatic rings. The second-order valence-corrected chi connectivity index (χ2v) is 9.76. The molecule has 8 heteroatoms. The highest BCUT2D eigenvalue weighted by Gasteiger charge is 2.52. The lowest BCUT2D eigenvalue weighted by Gasteiger charge is -2.46. The Morgan fingerprint density at radius 3 is 2.67 bits per heavy atom. The van der Waals surface area contributed by atoms with E-state index in [1.54, 1.807) is 12.0 Å². The molecule has 33 heavy (non-hydrogen) atoms. The molecule has 178 valence electrons. The van der Waals surface area contributed by atoms with Gasteiger partial charge in [0.1, 0.15) is 11.6 Å². The van der Waals surface area contributed by atoms with Gasteiger partial charge in [0.25, 0.3) is 0 Å². The summed E-state index contributed by atoms with van der Waals surface area (Å²) in [4.78, 5) is 34.6. The number of methoxy groups -OCH3 is 1. The Bertz CT molecular complexity index is 1010. The van der Waals surface area contributed by atoms with Gasteiger partial charge in [0.2, 0.25) is 11.8 Å². The van der Waals surface area contributed by atoms with Crippen molar-refractivity contribution in [1.82, 2.24) is 14.8 Å². The molecule has 0 bridgehead atoms. The van der Waals surface area contributed by atoms with Gasteiger partial charge in [-0.2, -0.15) is 0 Å². The number of nitrogens with zero attached hydrogens (tertiary/aromatic N) is 2. The predicted octanol–water partition coefficient (Wildman–Crippen LogP) is 2.49. The summed E-state index contributed by atoms with van der Waals surface area (Å²) in [5.41, 5.74) is 1.09. The maximum atomic E-state index is 14.1. The molecular weight excluding hydrogens is 420 g/mol. The summed E-state index contributed by atoms with van der Waals surface area (Å²) >= 11 is 0. The second-order valence-electron chi connectivity index (χ2n) is 9.76. The number of aliphatic hydroxyl groups excluding tert-OH is 1. The molecule has 2 amide bonds. The van der Waals surface area contributed by atoms with Crippen molar-refractivity contribution in [2.75, 3.05) is 32.1 Å². The first kappa shape index (κ1) is 22.4. The van der Waals surface area contributed by atoms with Crippen molar-refractivity contribution in [3.05, 3.63) is 30.5 Å². The number of ether oxygens (including phenoxy) is 1. The van der Waals surface area contributed by atoms with E-state index in [2.05, 4.69) is 15.2 Å². The number of hydrogen-bond donors (Lipinski definition) is 3. The van der Waals surface area contributed by atoms with Gasteiger partial charge in [-0.25, -0.2) is 0 Å². The van der Waals surface area contributed by atoms with E-state index in [0.29, 0.717) is 5.69 Å². The van der Waals surface area contributed by atoms with Gasteiger partial charge in [-0.15, -0.1) is 0 Å². The number of H-pyrrole nitrogens is 1. The summed E-state index contributed by atoms with van der Waals surface area (Å²) in [6, 6.07) is 6.96. The number of rotatable bonds is 5. The monoisotopic (exact) mass is 454 g/mol. The van der Waals surface area contributed by atoms with E-state index in [4.69, 9.17) is 4.74 Å². The molecule has 3 fully saturated rings. The number of benzene rings is 1. The Morgan fingerprint density at radius 2 is 1.94 bits per heavy atom. The number of hydrogen-bond acceptors (Lipinski definition) is 5. The number of likely N-dealkylation sites (tertiary alicyclic amines) is 2. The molecule has 2 aliphatic heterocycles. The Hall–Kier alpha value is -2.42. The molecule has 3 heterocycles. The fourth-order valence-electron chi connectivity index (χ4n) is 6.11. The number of nitrogens with one attached hydrogen (secondary N) is 2. The zero-order chi connectivity index (χ0) is 23.0. The molecule has 1 aromatic carbocycles. The third kappa shape index (κ3) is 4.05. The normalized spacial score (nSPS) is 26.2. The molecule has 3 N–H and O–H groups in total. The molecule has 2 atom stereocenters. The largest absolute Gasteiger partial charge is 0.391 e. The molecule has 1 aliphatic carbocycles. The maximum absolute atomic E-state index is 14.1. The second kappa shape index (κ2) is 9.08. The predicted molar refractivity (Wildman–Crippen MR) is 126 cm³/mol. The summed E-state index contributed by atoms with van der Waals surface area (Å²) in [5.74, 6) is -0.229. The number of β-amino-alcohol motifs (C(OH)–C–C–N with tert-alkyl or cyclic N) is 1. The van der Waals surface area contributed by atoms with Crippen molar-refractivity contribution < 1.29 is 19.4 Å². The van der Waals surface area contributed by atoms with Gasteiger partial charge < -0.3 is 25.0 Å². The minimum Gasteiger partial charge on any atom is -0.391 e. The van der Waals surface area contributed by atoms with E-state index in [0.717, 1.165) is 62.5 Å². The molecule has 1 aromatic heterocycles. The van der Waals surface area contributed by atoms with Crippen molar-refractivity contribution in [2.45, 2.75) is 68.7 Å². The highest BCUT2D eigenvalue weighted by atomic mass is 16.5. The van der Waals surface area contributed by atoms with Crippen LogP contribution in [0.25, 0.3) is 10.9 Å². The van der Waals surface area contributed by atoms with Crippen LogP contribution in [0.5, 0.6) is 0 Å². The number of carbonyl (C=O) groups excluding carboxylic acids is 2. The lowest BCUT2D eigenvalue weighted by atomic mass is 9.89. The van der Waals surface area contributed by atoms with Crippen LogP contribution in [-0.4, -0.2) is 82.2 Å². The summed E-state index contributed by atoms with van der Waals surface area (Å²) in [7, 11) is 1.75. The molecular formula is C25H34N4O4. The molecule has 2 aromatic rings. The molecule has 5 rings (SSSR count). The summed E-state index contributed by atoms with van der Waals surface area (Å²) < 4.78 is 5.53. The van der Waals surface area contributed by atoms with Crippen LogP contribution in [0, 0.1) is 0 Å². The van der Waals surface area contributed by atoms with Crippen LogP contribution in [0.3, 0.4) is 0 Å². The van der Waals surface area contributed by atoms with E-state index >= 15 is 0 Å². The lowest BCUT2D eigenvalue weighted by molar-refractivity contribution is -0.150. The quantitative estimate of drug-likeness (QED) is 0.645. The molecule has 0 radical (unpaired) electrons. The Kier molecular flexibility index (Phi) is 6.16.